The van der Waals surface area contributed by atoms with Crippen molar-refractivity contribution < 1.29 is 60.0 Å². The molecule has 2 unspecified atom stereocenters. The molecule has 4 N–H and O–H groups in total. The summed E-state index contributed by atoms with van der Waals surface area (Å²) >= 11 is 0. The molecule has 0 saturated carbocycles. The Morgan fingerprint density at radius 1 is 0.531 bits per heavy atom. The molecule has 1 aromatic rings. The molecule has 6 amide bonds. The van der Waals surface area contributed by atoms with Gasteiger partial charge in [0.25, 0.3) is 0 Å². The fraction of sp³-hybridized carbons (Fsp3) is 0.831. The fourth-order valence-electron chi connectivity index (χ4n) is 11.0. The maximum absolute atomic E-state index is 16.7. The Balaban J connectivity index is 2.22. The summed E-state index contributed by atoms with van der Waals surface area (Å²) < 4.78 is 48.2. The molecule has 4 rings (SSSR count). The van der Waals surface area contributed by atoms with Crippen LogP contribution < -0.4 is 25.7 Å². The van der Waals surface area contributed by atoms with Gasteiger partial charge in [0.2, 0.25) is 8.32 Å². The first-order chi connectivity index (χ1) is 44.0. The molecule has 3 fully saturated rings. The summed E-state index contributed by atoms with van der Waals surface area (Å²) in [5, 5.41) is 11.1. The summed E-state index contributed by atoms with van der Waals surface area (Å²) in [4.78, 5) is 104. The number of fused-ring (bicyclic) bond motifs is 2. The minimum atomic E-state index is -2.94. The van der Waals surface area contributed by atoms with Crippen molar-refractivity contribution in [2.75, 3.05) is 26.7 Å². The monoisotopic (exact) mass is 1470 g/mol. The van der Waals surface area contributed by atoms with Gasteiger partial charge in [0.1, 0.15) is 5.75 Å². The van der Waals surface area contributed by atoms with E-state index in [-0.39, 0.29) is 76.4 Å². The van der Waals surface area contributed by atoms with Crippen molar-refractivity contribution in [2.45, 2.75) is 347 Å². The van der Waals surface area contributed by atoms with Gasteiger partial charge in [-0.25, -0.2) is 0 Å². The van der Waals surface area contributed by atoms with Gasteiger partial charge in [-0.1, -0.05) is 116 Å². The Morgan fingerprint density at radius 2 is 0.959 bits per heavy atom. The Hall–Kier alpha value is -3.39. The molecule has 98 heavy (non-hydrogen) atoms. The van der Waals surface area contributed by atoms with Gasteiger partial charge < -0.3 is 13.3 Å². The molecule has 27 heteroatoms. The quantitative estimate of drug-likeness (QED) is 0.0945. The number of nitrogens with one attached hydrogen (secondary N) is 4. The normalized spacial score (nSPS) is 25.5. The first-order valence-corrected chi connectivity index (χ1v) is 53.5. The van der Waals surface area contributed by atoms with Crippen molar-refractivity contribution in [1.29, 1.82) is 0 Å². The van der Waals surface area contributed by atoms with Crippen LogP contribution in [-0.4, -0.2) is 196 Å². The van der Waals surface area contributed by atoms with Crippen LogP contribution in [0, 0.1) is 5.92 Å². The van der Waals surface area contributed by atoms with E-state index in [4.69, 9.17) is 31.2 Å². The van der Waals surface area contributed by atoms with E-state index in [1.165, 1.54) is 19.3 Å². The number of rotatable bonds is 19. The van der Waals surface area contributed by atoms with Gasteiger partial charge in [0, 0.05) is 0 Å². The van der Waals surface area contributed by atoms with Gasteiger partial charge in [-0.05, 0) is 85.4 Å². The van der Waals surface area contributed by atoms with Crippen LogP contribution >= 0.6 is 0 Å². The summed E-state index contributed by atoms with van der Waals surface area (Å²) in [7, 11) is -13.3. The van der Waals surface area contributed by atoms with Crippen molar-refractivity contribution in [3.05, 3.63) is 29.8 Å². The van der Waals surface area contributed by atoms with Crippen LogP contribution in [0.5, 0.6) is 5.75 Å². The molecular formula is C71H136BN7O13Si6. The first-order valence-electron chi connectivity index (χ1n) is 36.1. The van der Waals surface area contributed by atoms with Crippen LogP contribution in [0.15, 0.2) is 29.2 Å². The molecule has 3 heterocycles. The summed E-state index contributed by atoms with van der Waals surface area (Å²) in [6.07, 6.45) is -3.86. The molecule has 1 aromatic carbocycles. The number of amides is 6. The molecule has 0 aliphatic carbocycles. The van der Waals surface area contributed by atoms with E-state index in [0.29, 0.717) is 5.75 Å². The Kier molecular flexibility index (Phi) is 28.3. The predicted molar refractivity (Wildman–Crippen MR) is 411 cm³/mol. The van der Waals surface area contributed by atoms with E-state index in [9.17, 15) is 0 Å². The van der Waals surface area contributed by atoms with Crippen LogP contribution in [0.4, 0.5) is 0 Å². The zero-order valence-electron chi connectivity index (χ0n) is 67.4. The topological polar surface area (TPSA) is 234 Å². The molecule has 0 aromatic heterocycles. The zero-order valence-corrected chi connectivity index (χ0v) is 73.4. The molecule has 20 nitrogen and oxygen atoms in total. The summed E-state index contributed by atoms with van der Waals surface area (Å²) in [5.74, 6) is -3.23. The minimum absolute atomic E-state index is 0.0218. The van der Waals surface area contributed by atoms with E-state index in [1.807, 2.05) is 31.2 Å². The molecule has 3 saturated heterocycles. The predicted octanol–water partition coefficient (Wildman–Crippen LogP) is 13.2. The maximum atomic E-state index is 16.7. The molecule has 560 valence electrons. The van der Waals surface area contributed by atoms with Crippen molar-refractivity contribution in [3.8, 4) is 5.75 Å². The second-order valence-electron chi connectivity index (χ2n) is 37.7. The Bertz CT molecular complexity index is 2950. The SMILES string of the molecule is COB=N[C@H]1CCCNC(=O)[C@@H]2[C@@H](O[Si](C)(C)C(C)(C)C)[C@@H](C)CN2C(=O)[C@H](C(C)O[Si](C)(C)C(C)(C)C)NC(=O)[C@H]([C@@H](Cc2ccc(O[Si](C)(C)C(C)(C)C)cc2)O[Si](C)(C)C(C)(C)C)NC(=O)[C@@H]2C[C@@H](O[Si](C)(C)C(C)(C)C)CN2C(=O)[C@H](C(C)O[Si](C)(C)C(C)(C)C)NC1=O. The van der Waals surface area contributed by atoms with Crippen molar-refractivity contribution in [3.63, 3.8) is 0 Å². The summed E-state index contributed by atoms with van der Waals surface area (Å²) in [5.41, 5.74) is 0.790. The van der Waals surface area contributed by atoms with E-state index in [1.54, 1.807) is 18.7 Å². The molecular weight excluding hydrogens is 1340 g/mol. The number of nitrogens with zero attached hydrogens (tertiary/aromatic N) is 3. The Morgan fingerprint density at radius 3 is 1.42 bits per heavy atom. The zero-order chi connectivity index (χ0) is 75.7. The number of carbonyl (C=O) groups is 6. The molecule has 3 aliphatic heterocycles. The average molecular weight is 1480 g/mol. The number of hydrogen-bond donors (Lipinski definition) is 4. The van der Waals surface area contributed by atoms with Crippen LogP contribution in [0.1, 0.15) is 170 Å². The fourth-order valence-corrected chi connectivity index (χ4v) is 18.9. The first kappa shape index (κ1) is 87.0. The summed E-state index contributed by atoms with van der Waals surface area (Å²) in [6.45, 7) is 69.5. The molecule has 0 spiro atoms. The summed E-state index contributed by atoms with van der Waals surface area (Å²) in [6, 6.07) is -0.0356. The van der Waals surface area contributed by atoms with Crippen LogP contribution in [0.3, 0.4) is 0 Å². The van der Waals surface area contributed by atoms with E-state index in [2.05, 4.69) is 229 Å². The molecule has 0 radical (unpaired) electrons. The van der Waals surface area contributed by atoms with E-state index < -0.39 is 157 Å². The van der Waals surface area contributed by atoms with Crippen molar-refractivity contribution in [1.82, 2.24) is 31.1 Å². The van der Waals surface area contributed by atoms with Crippen molar-refractivity contribution in [2.24, 2.45) is 10.8 Å². The average Bonchev–Trinajstić information content (AvgIpc) is 1.58. The second-order valence-corrected chi connectivity index (χ2v) is 66.2. The third-order valence-electron chi connectivity index (χ3n) is 23.6. The van der Waals surface area contributed by atoms with Crippen molar-refractivity contribution >= 4 is 92.6 Å². The second kappa shape index (κ2) is 31.9. The standard InChI is InChI=1S/C71H136BN7O13Si6/c1-46-44-79-58(59(46)92-98(33,34)71(19,20)21)63(83)73-41-35-36-52(77-72-86-22)60(80)74-55(47(2)87-93(23,24)66(4,5)6)64(84)78-45-51(90-96(29,30)69(13,14)15)43-53(78)61(81)76-57(62(82)75-56(65(79)85)48(3)88-94(25,26)67(7,8)9)54(91-97(31,32)70(16,17)18)42-49-37-39-50(40-38-49)89-95(27,28)68(10,11)12/h37-40,46-48,51-59H,35-36,41-45H2,1-34H3,(H,73,83)(H,74,80)(H,75,82)(H,76,81)/t46-,47?,48?,51+,52-,53-,54+,55-,56-,57-,58-,59-/m0/s1. The van der Waals surface area contributed by atoms with Gasteiger partial charge in [-0.2, -0.15) is 0 Å². The number of carbonyl (C=O) groups excluding carboxylic acids is 6. The van der Waals surface area contributed by atoms with Gasteiger partial charge >= 0.3 is 353 Å². The van der Waals surface area contributed by atoms with E-state index >= 15 is 28.8 Å². The van der Waals surface area contributed by atoms with E-state index in [0.717, 1.165) is 5.56 Å². The van der Waals surface area contributed by atoms with Gasteiger partial charge in [0.15, 0.2) is 16.6 Å². The van der Waals surface area contributed by atoms with Crippen LogP contribution in [0.25, 0.3) is 0 Å². The molecule has 0 bridgehead atoms. The van der Waals surface area contributed by atoms with Crippen LogP contribution in [0.2, 0.25) is 109 Å². The molecule has 3 aliphatic rings. The van der Waals surface area contributed by atoms with Gasteiger partial charge in [-0.3, -0.25) is 4.79 Å². The van der Waals surface area contributed by atoms with Gasteiger partial charge in [-0.15, -0.1) is 0 Å². The third-order valence-corrected chi connectivity index (χ3v) is 50.6. The molecule has 12 atom stereocenters. The van der Waals surface area contributed by atoms with Crippen LogP contribution in [-0.2, 0) is 62.0 Å². The third kappa shape index (κ3) is 21.6. The number of hydrogen-bond acceptors (Lipinski definition) is 14. The van der Waals surface area contributed by atoms with Gasteiger partial charge in [0.05, 0.1) is 0 Å². The Labute approximate surface area is 600 Å². The number of benzene rings is 1.